The monoisotopic (exact) mass is 335 g/mol. The van der Waals surface area contributed by atoms with Gasteiger partial charge in [0.1, 0.15) is 0 Å². The Bertz CT molecular complexity index is 463. The van der Waals surface area contributed by atoms with Crippen molar-refractivity contribution in [2.24, 2.45) is 5.73 Å². The lowest BCUT2D eigenvalue weighted by atomic mass is 10.2. The van der Waals surface area contributed by atoms with Gasteiger partial charge in [0.2, 0.25) is 5.91 Å². The predicted molar refractivity (Wildman–Crippen MR) is 71.5 cm³/mol. The van der Waals surface area contributed by atoms with Crippen molar-refractivity contribution in [1.82, 2.24) is 9.80 Å². The first-order valence-electron chi connectivity index (χ1n) is 6.18. The molecule has 1 unspecified atom stereocenters. The zero-order valence-electron chi connectivity index (χ0n) is 11.9. The average molecular weight is 335 g/mol. The third kappa shape index (κ3) is 8.33. The van der Waals surface area contributed by atoms with Gasteiger partial charge < -0.3 is 26.2 Å². The van der Waals surface area contributed by atoms with Gasteiger partial charge in [-0.2, -0.15) is 0 Å². The molecule has 0 saturated heterocycles. The van der Waals surface area contributed by atoms with E-state index >= 15 is 0 Å². The molecule has 12 nitrogen and oxygen atoms in total. The Morgan fingerprint density at radius 2 is 1.22 bits per heavy atom. The molecule has 0 spiro atoms. The highest BCUT2D eigenvalue weighted by molar-refractivity contribution is 6.00. The Morgan fingerprint density at radius 1 is 0.783 bits per heavy atom. The minimum absolute atomic E-state index is 0.289. The van der Waals surface area contributed by atoms with Crippen molar-refractivity contribution in [3.8, 4) is 0 Å². The topological polar surface area (TPSA) is 199 Å². The summed E-state index contributed by atoms with van der Waals surface area (Å²) < 4.78 is 0. The van der Waals surface area contributed by atoms with Crippen molar-refractivity contribution in [2.45, 2.75) is 6.04 Å². The number of hydrogen-bond donors (Lipinski definition) is 5. The van der Waals surface area contributed by atoms with Crippen LogP contribution >= 0.6 is 0 Å². The second kappa shape index (κ2) is 9.32. The third-order valence-corrected chi connectivity index (χ3v) is 2.63. The van der Waals surface area contributed by atoms with E-state index in [9.17, 15) is 24.0 Å². The maximum Gasteiger partial charge on any atom is 0.330 e. The van der Waals surface area contributed by atoms with E-state index in [0.29, 0.717) is 4.90 Å². The largest absolute Gasteiger partial charge is 0.480 e. The van der Waals surface area contributed by atoms with Crippen LogP contribution in [0.3, 0.4) is 0 Å². The quantitative estimate of drug-likeness (QED) is 0.225. The molecule has 23 heavy (non-hydrogen) atoms. The number of carbonyl (C=O) groups excluding carboxylic acids is 1. The molecule has 0 aliphatic rings. The molecule has 0 aromatic carbocycles. The Hall–Kier alpha value is -2.73. The van der Waals surface area contributed by atoms with E-state index in [0.717, 1.165) is 4.90 Å². The molecule has 0 aliphatic carbocycles. The summed E-state index contributed by atoms with van der Waals surface area (Å²) in [5, 5.41) is 35.1. The smallest absolute Gasteiger partial charge is 0.330 e. The summed E-state index contributed by atoms with van der Waals surface area (Å²) in [6, 6.07) is -1.93. The molecule has 0 aliphatic heterocycles. The molecule has 0 radical (unpaired) electrons. The fraction of sp³-hybridized carbons (Fsp3) is 0.545. The van der Waals surface area contributed by atoms with E-state index in [-0.39, 0.29) is 13.1 Å². The molecule has 1 amide bonds. The van der Waals surface area contributed by atoms with Gasteiger partial charge in [0.25, 0.3) is 0 Å². The van der Waals surface area contributed by atoms with Crippen LogP contribution in [0.1, 0.15) is 0 Å². The number of primary amides is 1. The molecule has 6 N–H and O–H groups in total. The van der Waals surface area contributed by atoms with E-state index in [4.69, 9.17) is 26.2 Å². The Kier molecular flexibility index (Phi) is 8.21. The van der Waals surface area contributed by atoms with Crippen LogP contribution in [0.5, 0.6) is 0 Å². The Labute approximate surface area is 129 Å². The first-order chi connectivity index (χ1) is 10.5. The van der Waals surface area contributed by atoms with Crippen molar-refractivity contribution in [2.75, 3.05) is 32.7 Å². The number of carboxylic acids is 4. The maximum absolute atomic E-state index is 11.2. The number of nitrogens with two attached hydrogens (primary N) is 1. The SMILES string of the molecule is NC(=O)C(C(=O)O)N(CCN(CC(=O)O)CC(=O)O)CC(=O)O. The first-order valence-corrected chi connectivity index (χ1v) is 6.18. The van der Waals surface area contributed by atoms with Crippen LogP contribution in [-0.4, -0.2) is 98.8 Å². The van der Waals surface area contributed by atoms with Gasteiger partial charge >= 0.3 is 23.9 Å². The standard InChI is InChI=1S/C11H17N3O9/c12-10(21)9(11(22)23)14(5-8(19)20)2-1-13(3-6(15)16)4-7(17)18/h9H,1-5H2,(H2,12,21)(H,15,16)(H,17,18)(H,19,20)(H,22,23). The summed E-state index contributed by atoms with van der Waals surface area (Å²) in [6.45, 7) is -2.81. The lowest BCUT2D eigenvalue weighted by Crippen LogP contribution is -2.54. The van der Waals surface area contributed by atoms with Gasteiger partial charge in [0, 0.05) is 13.1 Å². The fourth-order valence-corrected chi connectivity index (χ4v) is 1.80. The number of nitrogens with zero attached hydrogens (tertiary/aromatic N) is 2. The molecule has 1 atom stereocenters. The summed E-state index contributed by atoms with van der Waals surface area (Å²) in [5.41, 5.74) is 4.93. The third-order valence-electron chi connectivity index (χ3n) is 2.63. The minimum atomic E-state index is -1.93. The molecule has 0 aromatic heterocycles. The van der Waals surface area contributed by atoms with Gasteiger partial charge in [-0.1, -0.05) is 0 Å². The van der Waals surface area contributed by atoms with Crippen LogP contribution in [0.15, 0.2) is 0 Å². The van der Waals surface area contributed by atoms with E-state index in [1.165, 1.54) is 0 Å². The van der Waals surface area contributed by atoms with E-state index in [1.54, 1.807) is 0 Å². The van der Waals surface area contributed by atoms with Crippen molar-refractivity contribution in [1.29, 1.82) is 0 Å². The number of amides is 1. The van der Waals surface area contributed by atoms with Crippen molar-refractivity contribution < 1.29 is 44.4 Å². The predicted octanol–water partition coefficient (Wildman–Crippen LogP) is -3.22. The maximum atomic E-state index is 11.2. The minimum Gasteiger partial charge on any atom is -0.480 e. The van der Waals surface area contributed by atoms with Crippen LogP contribution in [0, 0.1) is 0 Å². The van der Waals surface area contributed by atoms with Crippen LogP contribution in [0.4, 0.5) is 0 Å². The molecule has 0 aromatic rings. The molecule has 0 bridgehead atoms. The lowest BCUT2D eigenvalue weighted by molar-refractivity contribution is -0.151. The van der Waals surface area contributed by atoms with E-state index in [2.05, 4.69) is 0 Å². The van der Waals surface area contributed by atoms with Gasteiger partial charge in [-0.3, -0.25) is 29.0 Å². The van der Waals surface area contributed by atoms with Crippen LogP contribution in [0.25, 0.3) is 0 Å². The highest BCUT2D eigenvalue weighted by atomic mass is 16.4. The number of rotatable bonds is 12. The molecule has 12 heteroatoms. The van der Waals surface area contributed by atoms with Crippen LogP contribution in [-0.2, 0) is 24.0 Å². The number of carbonyl (C=O) groups is 5. The lowest BCUT2D eigenvalue weighted by Gasteiger charge is -2.27. The number of hydrogen-bond acceptors (Lipinski definition) is 7. The summed E-state index contributed by atoms with van der Waals surface area (Å²) in [5.74, 6) is -7.02. The summed E-state index contributed by atoms with van der Waals surface area (Å²) in [7, 11) is 0. The molecule has 0 fully saturated rings. The zero-order chi connectivity index (χ0) is 18.2. The van der Waals surface area contributed by atoms with E-state index in [1.807, 2.05) is 0 Å². The molecule has 0 heterocycles. The highest BCUT2D eigenvalue weighted by Crippen LogP contribution is 2.02. The second-order valence-electron chi connectivity index (χ2n) is 4.51. The molecular weight excluding hydrogens is 318 g/mol. The Balaban J connectivity index is 5.08. The zero-order valence-corrected chi connectivity index (χ0v) is 11.9. The summed E-state index contributed by atoms with van der Waals surface area (Å²) in [4.78, 5) is 55.9. The molecule has 130 valence electrons. The van der Waals surface area contributed by atoms with Crippen molar-refractivity contribution in [3.63, 3.8) is 0 Å². The normalized spacial score (nSPS) is 12.1. The van der Waals surface area contributed by atoms with Crippen molar-refractivity contribution >= 4 is 29.8 Å². The van der Waals surface area contributed by atoms with Crippen LogP contribution < -0.4 is 5.73 Å². The molecular formula is C11H17N3O9. The number of carboxylic acid groups (broad SMARTS) is 4. The average Bonchev–Trinajstić information content (AvgIpc) is 2.32. The second-order valence-corrected chi connectivity index (χ2v) is 4.51. The van der Waals surface area contributed by atoms with Gasteiger partial charge in [-0.25, -0.2) is 4.79 Å². The fourth-order valence-electron chi connectivity index (χ4n) is 1.80. The van der Waals surface area contributed by atoms with E-state index < -0.39 is 55.5 Å². The summed E-state index contributed by atoms with van der Waals surface area (Å²) in [6.07, 6.45) is 0. The van der Waals surface area contributed by atoms with Crippen LogP contribution in [0.2, 0.25) is 0 Å². The molecule has 0 saturated carbocycles. The number of aliphatic carboxylic acids is 4. The van der Waals surface area contributed by atoms with Gasteiger partial charge in [-0.15, -0.1) is 0 Å². The van der Waals surface area contributed by atoms with Gasteiger partial charge in [-0.05, 0) is 0 Å². The first kappa shape index (κ1) is 20.3. The highest BCUT2D eigenvalue weighted by Gasteiger charge is 2.32. The van der Waals surface area contributed by atoms with Gasteiger partial charge in [0.15, 0.2) is 6.04 Å². The Morgan fingerprint density at radius 3 is 1.52 bits per heavy atom. The summed E-state index contributed by atoms with van der Waals surface area (Å²) >= 11 is 0. The van der Waals surface area contributed by atoms with Gasteiger partial charge in [0.05, 0.1) is 19.6 Å². The molecule has 0 rings (SSSR count). The van der Waals surface area contributed by atoms with Crippen molar-refractivity contribution in [3.05, 3.63) is 0 Å².